The van der Waals surface area contributed by atoms with E-state index in [-0.39, 0.29) is 17.9 Å². The molecule has 4 rings (SSSR count). The number of benzene rings is 2. The highest BCUT2D eigenvalue weighted by Gasteiger charge is 2.24. The van der Waals surface area contributed by atoms with Crippen LogP contribution in [0.3, 0.4) is 0 Å². The van der Waals surface area contributed by atoms with Gasteiger partial charge in [-0.2, -0.15) is 0 Å². The van der Waals surface area contributed by atoms with Crippen LogP contribution in [0.4, 0.5) is 0 Å². The third kappa shape index (κ3) is 4.93. The van der Waals surface area contributed by atoms with Crippen LogP contribution < -0.4 is 5.32 Å². The Morgan fingerprint density at radius 1 is 0.897 bits per heavy atom. The van der Waals surface area contributed by atoms with E-state index in [9.17, 15) is 9.59 Å². The molecule has 2 heterocycles. The van der Waals surface area contributed by atoms with Crippen LogP contribution in [0.25, 0.3) is 11.1 Å². The highest BCUT2D eigenvalue weighted by molar-refractivity contribution is 7.10. The highest BCUT2D eigenvalue weighted by atomic mass is 32.1. The van der Waals surface area contributed by atoms with Gasteiger partial charge >= 0.3 is 0 Å². The van der Waals surface area contributed by atoms with Gasteiger partial charge in [0.1, 0.15) is 0 Å². The van der Waals surface area contributed by atoms with Crippen LogP contribution in [0, 0.1) is 0 Å². The summed E-state index contributed by atoms with van der Waals surface area (Å²) in [7, 11) is 0. The number of carbonyl (C=O) groups is 2. The summed E-state index contributed by atoms with van der Waals surface area (Å²) in [6, 6.07) is 22.0. The fourth-order valence-corrected chi connectivity index (χ4v) is 4.40. The van der Waals surface area contributed by atoms with E-state index in [0.29, 0.717) is 25.1 Å². The third-order valence-electron chi connectivity index (χ3n) is 5.30. The molecule has 1 fully saturated rings. The molecule has 0 unspecified atom stereocenters. The second-order valence-electron chi connectivity index (χ2n) is 7.33. The summed E-state index contributed by atoms with van der Waals surface area (Å²) in [6.45, 7) is 1.34. The summed E-state index contributed by atoms with van der Waals surface area (Å²) in [6.07, 6.45) is 2.03. The van der Waals surface area contributed by atoms with Crippen LogP contribution in [-0.4, -0.2) is 35.8 Å². The average molecular weight is 405 g/mol. The number of likely N-dealkylation sites (tertiary alicyclic amines) is 1. The molecule has 2 amide bonds. The molecule has 0 aliphatic carbocycles. The van der Waals surface area contributed by atoms with Crippen molar-refractivity contribution in [2.75, 3.05) is 13.1 Å². The molecule has 1 aliphatic heterocycles. The number of nitrogens with one attached hydrogen (secondary N) is 1. The molecule has 0 saturated carbocycles. The lowest BCUT2D eigenvalue weighted by molar-refractivity contribution is -0.121. The van der Waals surface area contributed by atoms with E-state index in [1.54, 1.807) is 11.3 Å². The molecule has 0 spiro atoms. The van der Waals surface area contributed by atoms with Gasteiger partial charge in [0.15, 0.2) is 0 Å². The molecule has 1 aromatic heterocycles. The largest absolute Gasteiger partial charge is 0.353 e. The van der Waals surface area contributed by atoms with Crippen molar-refractivity contribution >= 4 is 23.2 Å². The summed E-state index contributed by atoms with van der Waals surface area (Å²) in [5, 5.41) is 5.10. The van der Waals surface area contributed by atoms with Crippen LogP contribution in [0.2, 0.25) is 0 Å². The Balaban J connectivity index is 1.29. The zero-order valence-corrected chi connectivity index (χ0v) is 17.0. The van der Waals surface area contributed by atoms with Crippen LogP contribution in [0.1, 0.15) is 28.1 Å². The minimum atomic E-state index is 0.0629. The molecular formula is C24H24N2O2S. The molecule has 0 radical (unpaired) electrons. The van der Waals surface area contributed by atoms with Gasteiger partial charge in [0, 0.05) is 29.6 Å². The lowest BCUT2D eigenvalue weighted by Crippen LogP contribution is -2.46. The van der Waals surface area contributed by atoms with Crippen molar-refractivity contribution in [3.05, 3.63) is 82.6 Å². The summed E-state index contributed by atoms with van der Waals surface area (Å²) in [5.41, 5.74) is 2.96. The summed E-state index contributed by atoms with van der Waals surface area (Å²) < 4.78 is 0. The second-order valence-corrected chi connectivity index (χ2v) is 8.37. The van der Waals surface area contributed by atoms with Gasteiger partial charge in [0.05, 0.1) is 6.42 Å². The van der Waals surface area contributed by atoms with Crippen LogP contribution in [0.5, 0.6) is 0 Å². The van der Waals surface area contributed by atoms with E-state index in [4.69, 9.17) is 0 Å². The number of carbonyl (C=O) groups excluding carboxylic acids is 2. The first-order chi connectivity index (χ1) is 14.2. The van der Waals surface area contributed by atoms with Gasteiger partial charge in [-0.1, -0.05) is 48.5 Å². The lowest BCUT2D eigenvalue weighted by atomic mass is 10.0. The molecule has 2 aromatic carbocycles. The van der Waals surface area contributed by atoms with Crippen LogP contribution in [0.15, 0.2) is 72.1 Å². The minimum Gasteiger partial charge on any atom is -0.353 e. The zero-order valence-electron chi connectivity index (χ0n) is 16.2. The molecule has 4 nitrogen and oxygen atoms in total. The Morgan fingerprint density at radius 2 is 1.59 bits per heavy atom. The van der Waals surface area contributed by atoms with E-state index in [0.717, 1.165) is 28.8 Å². The van der Waals surface area contributed by atoms with E-state index >= 15 is 0 Å². The van der Waals surface area contributed by atoms with Gasteiger partial charge < -0.3 is 10.2 Å². The lowest BCUT2D eigenvalue weighted by Gasteiger charge is -2.32. The number of hydrogen-bond acceptors (Lipinski definition) is 3. The van der Waals surface area contributed by atoms with E-state index in [1.165, 1.54) is 0 Å². The summed E-state index contributed by atoms with van der Waals surface area (Å²) >= 11 is 1.60. The molecule has 5 heteroatoms. The number of thiophene rings is 1. The van der Waals surface area contributed by atoms with Crippen molar-refractivity contribution in [3.63, 3.8) is 0 Å². The molecule has 0 bridgehead atoms. The Hall–Kier alpha value is -2.92. The fraction of sp³-hybridized carbons (Fsp3) is 0.250. The normalized spacial score (nSPS) is 14.6. The minimum absolute atomic E-state index is 0.0629. The van der Waals surface area contributed by atoms with E-state index in [1.807, 2.05) is 64.9 Å². The second kappa shape index (κ2) is 9.05. The number of nitrogens with zero attached hydrogens (tertiary/aromatic N) is 1. The van der Waals surface area contributed by atoms with Crippen molar-refractivity contribution < 1.29 is 9.59 Å². The molecule has 3 aromatic rings. The Kier molecular flexibility index (Phi) is 6.06. The molecule has 0 atom stereocenters. The van der Waals surface area contributed by atoms with E-state index in [2.05, 4.69) is 17.4 Å². The van der Waals surface area contributed by atoms with Gasteiger partial charge in [0.25, 0.3) is 5.91 Å². The first kappa shape index (κ1) is 19.4. The summed E-state index contributed by atoms with van der Waals surface area (Å²) in [4.78, 5) is 28.0. The summed E-state index contributed by atoms with van der Waals surface area (Å²) in [5.74, 6) is 0.127. The topological polar surface area (TPSA) is 49.4 Å². The number of hydrogen-bond donors (Lipinski definition) is 1. The molecule has 1 saturated heterocycles. The van der Waals surface area contributed by atoms with Gasteiger partial charge in [0.2, 0.25) is 5.91 Å². The Labute approximate surface area is 175 Å². The van der Waals surface area contributed by atoms with Crippen molar-refractivity contribution in [1.29, 1.82) is 0 Å². The molecule has 29 heavy (non-hydrogen) atoms. The quantitative estimate of drug-likeness (QED) is 0.686. The van der Waals surface area contributed by atoms with Crippen LogP contribution in [-0.2, 0) is 11.2 Å². The Bertz CT molecular complexity index is 944. The maximum absolute atomic E-state index is 12.8. The Morgan fingerprint density at radius 3 is 2.24 bits per heavy atom. The first-order valence-electron chi connectivity index (χ1n) is 9.95. The average Bonchev–Trinajstić information content (AvgIpc) is 3.27. The van der Waals surface area contributed by atoms with Gasteiger partial charge in [-0.3, -0.25) is 9.59 Å². The molecule has 1 aliphatic rings. The first-order valence-corrected chi connectivity index (χ1v) is 10.8. The highest BCUT2D eigenvalue weighted by Crippen LogP contribution is 2.21. The number of amides is 2. The van der Waals surface area contributed by atoms with E-state index < -0.39 is 0 Å². The van der Waals surface area contributed by atoms with Crippen LogP contribution >= 0.6 is 11.3 Å². The maximum atomic E-state index is 12.8. The van der Waals surface area contributed by atoms with Gasteiger partial charge in [-0.05, 0) is 47.5 Å². The van der Waals surface area contributed by atoms with Gasteiger partial charge in [-0.15, -0.1) is 11.3 Å². The fourth-order valence-electron chi connectivity index (χ4n) is 3.70. The maximum Gasteiger partial charge on any atom is 0.253 e. The SMILES string of the molecule is O=C(Cc1cccs1)NC1CCN(C(=O)c2ccc(-c3ccccc3)cc2)CC1. The van der Waals surface area contributed by atoms with Gasteiger partial charge in [-0.25, -0.2) is 0 Å². The molecular weight excluding hydrogens is 380 g/mol. The van der Waals surface area contributed by atoms with Crippen molar-refractivity contribution in [2.45, 2.75) is 25.3 Å². The molecule has 1 N–H and O–H groups in total. The predicted molar refractivity (Wildman–Crippen MR) is 117 cm³/mol. The third-order valence-corrected chi connectivity index (χ3v) is 6.18. The number of rotatable bonds is 5. The van der Waals surface area contributed by atoms with Crippen molar-refractivity contribution in [2.24, 2.45) is 0 Å². The monoisotopic (exact) mass is 404 g/mol. The van der Waals surface area contributed by atoms with Crippen molar-refractivity contribution in [1.82, 2.24) is 10.2 Å². The van der Waals surface area contributed by atoms with Crippen molar-refractivity contribution in [3.8, 4) is 11.1 Å². The predicted octanol–water partition coefficient (Wildman–Crippen LogP) is 4.38. The molecule has 148 valence electrons. The number of piperidine rings is 1. The smallest absolute Gasteiger partial charge is 0.253 e. The standard InChI is InChI=1S/C24H24N2O2S/c27-23(17-22-7-4-16-29-22)25-21-12-14-26(15-13-21)24(28)20-10-8-19(9-11-20)18-5-2-1-3-6-18/h1-11,16,21H,12-15,17H2,(H,25,27). The zero-order chi connectivity index (χ0) is 20.1.